The van der Waals surface area contributed by atoms with Crippen molar-refractivity contribution < 1.29 is 26.3 Å². The molecule has 0 saturated carbocycles. The molecule has 0 bridgehead atoms. The van der Waals surface area contributed by atoms with E-state index in [-0.39, 0.29) is 5.69 Å². The number of nitrogens with zero attached hydrogens (tertiary/aromatic N) is 1. The van der Waals surface area contributed by atoms with E-state index >= 15 is 0 Å². The van der Waals surface area contributed by atoms with E-state index in [1.807, 2.05) is 12.1 Å². The van der Waals surface area contributed by atoms with Crippen LogP contribution in [0, 0.1) is 0 Å². The van der Waals surface area contributed by atoms with Gasteiger partial charge in [0.2, 0.25) is 0 Å². The van der Waals surface area contributed by atoms with Gasteiger partial charge in [-0.15, -0.1) is 24.9 Å². The number of thioether (sulfide) groups is 1. The summed E-state index contributed by atoms with van der Waals surface area (Å²) in [5.41, 5.74) is 1.26. The van der Waals surface area contributed by atoms with Gasteiger partial charge in [-0.2, -0.15) is 0 Å². The smallest absolute Gasteiger partial charge is 0.404 e. The molecule has 0 atom stereocenters. The summed E-state index contributed by atoms with van der Waals surface area (Å²) in [4.78, 5) is 4.34. The average molecular weight is 440 g/mol. The van der Waals surface area contributed by atoms with Gasteiger partial charge in [0.05, 0.1) is 0 Å². The molecule has 152 valence electrons. The second-order valence-corrected chi connectivity index (χ2v) is 8.47. The van der Waals surface area contributed by atoms with Crippen molar-refractivity contribution in [3.8, 4) is 5.75 Å². The summed E-state index contributed by atoms with van der Waals surface area (Å²) in [6, 6.07) is 14.9. The fraction of sp³-hybridized carbons (Fsp3) is 0.105. The molecular weight excluding hydrogens is 425 g/mol. The first-order valence-electron chi connectivity index (χ1n) is 8.22. The van der Waals surface area contributed by atoms with Crippen molar-refractivity contribution >= 4 is 27.5 Å². The van der Waals surface area contributed by atoms with Crippen LogP contribution in [0.1, 0.15) is 5.56 Å². The normalized spacial score (nSPS) is 11.8. The molecule has 1 heterocycles. The maximum atomic E-state index is 12.5. The summed E-state index contributed by atoms with van der Waals surface area (Å²) in [6.45, 7) is 0. The van der Waals surface area contributed by atoms with E-state index in [4.69, 9.17) is 0 Å². The van der Waals surface area contributed by atoms with Crippen LogP contribution in [0.3, 0.4) is 0 Å². The molecule has 0 fully saturated rings. The number of pyridine rings is 1. The molecule has 10 heteroatoms. The van der Waals surface area contributed by atoms with Gasteiger partial charge in [-0.05, 0) is 48.0 Å². The molecule has 0 aliphatic carbocycles. The molecule has 0 aliphatic rings. The number of rotatable bonds is 7. The topological polar surface area (TPSA) is 68.3 Å². The Bertz CT molecular complexity index is 1060. The molecule has 5 nitrogen and oxygen atoms in total. The van der Waals surface area contributed by atoms with Gasteiger partial charge < -0.3 is 4.74 Å². The zero-order valence-electron chi connectivity index (χ0n) is 14.8. The first kappa shape index (κ1) is 21.0. The first-order valence-corrected chi connectivity index (χ1v) is 10.7. The van der Waals surface area contributed by atoms with Crippen LogP contribution >= 0.6 is 11.8 Å². The molecule has 2 aromatic carbocycles. The third-order valence-corrected chi connectivity index (χ3v) is 6.10. The van der Waals surface area contributed by atoms with Crippen LogP contribution in [0.4, 0.5) is 18.9 Å². The molecule has 29 heavy (non-hydrogen) atoms. The molecule has 3 rings (SSSR count). The number of aromatic nitrogens is 1. The molecular formula is C19H15F3N2O3S2. The van der Waals surface area contributed by atoms with E-state index in [0.717, 1.165) is 22.6 Å². The number of hydrogen-bond donors (Lipinski definition) is 1. The summed E-state index contributed by atoms with van der Waals surface area (Å²) < 4.78 is 68.8. The van der Waals surface area contributed by atoms with Gasteiger partial charge >= 0.3 is 6.36 Å². The van der Waals surface area contributed by atoms with Crippen LogP contribution < -0.4 is 9.46 Å². The van der Waals surface area contributed by atoms with Gasteiger partial charge in [0, 0.05) is 28.7 Å². The summed E-state index contributed by atoms with van der Waals surface area (Å²) in [6.07, 6.45) is -1.55. The Hall–Kier alpha value is -2.72. The molecule has 0 unspecified atom stereocenters. The minimum Gasteiger partial charge on any atom is -0.404 e. The molecule has 0 saturated heterocycles. The lowest BCUT2D eigenvalue weighted by molar-refractivity contribution is -0.275. The van der Waals surface area contributed by atoms with Gasteiger partial charge in [0.15, 0.2) is 0 Å². The number of para-hydroxylation sites is 1. The minimum absolute atomic E-state index is 0.220. The lowest BCUT2D eigenvalue weighted by Gasteiger charge is -2.14. The predicted octanol–water partition coefficient (Wildman–Crippen LogP) is 5.07. The summed E-state index contributed by atoms with van der Waals surface area (Å²) in [7, 11) is -4.27. The summed E-state index contributed by atoms with van der Waals surface area (Å²) >= 11 is 1.54. The Morgan fingerprint density at radius 2 is 1.72 bits per heavy atom. The van der Waals surface area contributed by atoms with Crippen LogP contribution in [0.2, 0.25) is 0 Å². The van der Waals surface area contributed by atoms with Crippen LogP contribution in [-0.2, 0) is 15.8 Å². The third-order valence-electron chi connectivity index (χ3n) is 3.60. The van der Waals surface area contributed by atoms with E-state index in [2.05, 4.69) is 14.4 Å². The number of sulfonamides is 1. The molecule has 0 aliphatic heterocycles. The molecule has 0 radical (unpaired) electrons. The van der Waals surface area contributed by atoms with Crippen molar-refractivity contribution in [2.75, 3.05) is 4.72 Å². The number of nitrogens with one attached hydrogen (secondary N) is 1. The van der Waals surface area contributed by atoms with Crippen LogP contribution in [-0.4, -0.2) is 19.8 Å². The standard InChI is InChI=1S/C19H15F3N2O3S2/c20-19(21,22)27-17-5-1-2-6-18(17)29(25,26)24-15-7-9-16(10-8-15)28-13-14-4-3-11-23-12-14/h1-12,24H,13H2. The van der Waals surface area contributed by atoms with Gasteiger partial charge in [-0.3, -0.25) is 9.71 Å². The lowest BCUT2D eigenvalue weighted by Crippen LogP contribution is -2.20. The van der Waals surface area contributed by atoms with E-state index in [9.17, 15) is 21.6 Å². The minimum atomic E-state index is -5.00. The highest BCUT2D eigenvalue weighted by Gasteiger charge is 2.34. The van der Waals surface area contributed by atoms with E-state index in [0.29, 0.717) is 5.75 Å². The molecule has 3 aromatic rings. The maximum absolute atomic E-state index is 12.5. The molecule has 1 aromatic heterocycles. The SMILES string of the molecule is O=S(=O)(Nc1ccc(SCc2cccnc2)cc1)c1ccccc1OC(F)(F)F. The van der Waals surface area contributed by atoms with Crippen molar-refractivity contribution in [2.24, 2.45) is 0 Å². The number of anilines is 1. The van der Waals surface area contributed by atoms with Crippen molar-refractivity contribution in [2.45, 2.75) is 21.9 Å². The molecule has 0 amide bonds. The Labute approximate surface area is 170 Å². The molecule has 0 spiro atoms. The Kier molecular flexibility index (Phi) is 6.33. The van der Waals surface area contributed by atoms with E-state index < -0.39 is 27.0 Å². The third kappa shape index (κ3) is 6.13. The highest BCUT2D eigenvalue weighted by atomic mass is 32.2. The van der Waals surface area contributed by atoms with Crippen molar-refractivity contribution in [1.29, 1.82) is 0 Å². The quantitative estimate of drug-likeness (QED) is 0.520. The van der Waals surface area contributed by atoms with Crippen LogP contribution in [0.25, 0.3) is 0 Å². The number of hydrogen-bond acceptors (Lipinski definition) is 5. The number of benzene rings is 2. The van der Waals surface area contributed by atoms with E-state index in [1.54, 1.807) is 36.3 Å². The highest BCUT2D eigenvalue weighted by molar-refractivity contribution is 7.98. The Morgan fingerprint density at radius 1 is 1.00 bits per heavy atom. The van der Waals surface area contributed by atoms with Gasteiger partial charge in [-0.25, -0.2) is 8.42 Å². The zero-order chi connectivity index (χ0) is 20.9. The monoisotopic (exact) mass is 440 g/mol. The van der Waals surface area contributed by atoms with Crippen molar-refractivity contribution in [1.82, 2.24) is 4.98 Å². The predicted molar refractivity (Wildman–Crippen MR) is 104 cm³/mol. The Morgan fingerprint density at radius 3 is 2.38 bits per heavy atom. The van der Waals surface area contributed by atoms with E-state index in [1.165, 1.54) is 24.3 Å². The fourth-order valence-electron chi connectivity index (χ4n) is 2.36. The Balaban J connectivity index is 1.71. The lowest BCUT2D eigenvalue weighted by atomic mass is 10.3. The average Bonchev–Trinajstić information content (AvgIpc) is 2.67. The largest absolute Gasteiger partial charge is 0.573 e. The fourth-order valence-corrected chi connectivity index (χ4v) is 4.38. The van der Waals surface area contributed by atoms with Gasteiger partial charge in [0.25, 0.3) is 10.0 Å². The summed E-state index contributed by atoms with van der Waals surface area (Å²) in [5.74, 6) is -0.0997. The van der Waals surface area contributed by atoms with Gasteiger partial charge in [0.1, 0.15) is 10.6 Å². The second-order valence-electron chi connectivity index (χ2n) is 5.77. The maximum Gasteiger partial charge on any atom is 0.573 e. The molecule has 1 N–H and O–H groups in total. The number of ether oxygens (including phenoxy) is 1. The highest BCUT2D eigenvalue weighted by Crippen LogP contribution is 2.31. The first-order chi connectivity index (χ1) is 13.7. The number of alkyl halides is 3. The number of halogens is 3. The van der Waals surface area contributed by atoms with Gasteiger partial charge in [-0.1, -0.05) is 18.2 Å². The van der Waals surface area contributed by atoms with Crippen LogP contribution in [0.15, 0.2) is 82.8 Å². The van der Waals surface area contributed by atoms with Crippen LogP contribution in [0.5, 0.6) is 5.75 Å². The van der Waals surface area contributed by atoms with Crippen molar-refractivity contribution in [3.63, 3.8) is 0 Å². The van der Waals surface area contributed by atoms with Crippen molar-refractivity contribution in [3.05, 3.63) is 78.6 Å². The second kappa shape index (κ2) is 8.75. The summed E-state index contributed by atoms with van der Waals surface area (Å²) in [5, 5.41) is 0. The zero-order valence-corrected chi connectivity index (χ0v) is 16.4.